The first-order chi connectivity index (χ1) is 15.7. The Morgan fingerprint density at radius 3 is 2.35 bits per heavy atom. The normalized spacial score (nSPS) is 21.8. The Hall–Kier alpha value is -2.59. The molecule has 0 aliphatic carbocycles. The van der Waals surface area contributed by atoms with E-state index in [2.05, 4.69) is 22.2 Å². The second-order valence-electron chi connectivity index (χ2n) is 10.7. The van der Waals surface area contributed by atoms with Crippen LogP contribution in [0.3, 0.4) is 0 Å². The molecule has 3 atom stereocenters. The third-order valence-corrected chi connectivity index (χ3v) is 5.63. The van der Waals surface area contributed by atoms with E-state index in [1.54, 1.807) is 48.5 Å². The number of benzene rings is 1. The molecular weight excluding hydrogens is 458 g/mol. The molecule has 3 N–H and O–H groups in total. The average Bonchev–Trinajstić information content (AvgIpc) is 3.15. The fourth-order valence-corrected chi connectivity index (χ4v) is 3.96. The quantitative estimate of drug-likeness (QED) is 0.323. The molecular formula is C24H35N3O6S. The van der Waals surface area contributed by atoms with Gasteiger partial charge < -0.3 is 24.8 Å². The van der Waals surface area contributed by atoms with Gasteiger partial charge in [-0.15, -0.1) is 0 Å². The summed E-state index contributed by atoms with van der Waals surface area (Å²) in [6.07, 6.45) is -0.364. The zero-order valence-corrected chi connectivity index (χ0v) is 21.7. The first-order valence-corrected chi connectivity index (χ1v) is 11.8. The van der Waals surface area contributed by atoms with Crippen LogP contribution >= 0.6 is 12.2 Å². The second kappa shape index (κ2) is 9.58. The number of amides is 1. The molecule has 0 saturated carbocycles. The van der Waals surface area contributed by atoms with Crippen LogP contribution < -0.4 is 20.9 Å². The van der Waals surface area contributed by atoms with Crippen LogP contribution in [0.25, 0.3) is 0 Å². The number of fused-ring (bicyclic) bond motifs is 1. The van der Waals surface area contributed by atoms with Crippen molar-refractivity contribution in [2.24, 2.45) is 0 Å². The monoisotopic (exact) mass is 493 g/mol. The molecule has 2 heterocycles. The van der Waals surface area contributed by atoms with E-state index in [9.17, 15) is 9.59 Å². The van der Waals surface area contributed by atoms with Crippen molar-refractivity contribution in [1.29, 1.82) is 0 Å². The van der Waals surface area contributed by atoms with Gasteiger partial charge in [0.1, 0.15) is 23.1 Å². The number of ether oxygens (including phenoxy) is 3. The van der Waals surface area contributed by atoms with Crippen molar-refractivity contribution in [2.45, 2.75) is 90.3 Å². The van der Waals surface area contributed by atoms with E-state index in [4.69, 9.17) is 31.3 Å². The van der Waals surface area contributed by atoms with Gasteiger partial charge in [0.15, 0.2) is 5.11 Å². The van der Waals surface area contributed by atoms with Crippen molar-refractivity contribution in [2.75, 3.05) is 6.54 Å². The fraction of sp³-hybridized carbons (Fsp3) is 0.625. The van der Waals surface area contributed by atoms with Gasteiger partial charge in [0, 0.05) is 6.54 Å². The smallest absolute Gasteiger partial charge is 0.431 e. The molecule has 0 aromatic heterocycles. The summed E-state index contributed by atoms with van der Waals surface area (Å²) in [5.41, 5.74) is 1.30. The molecule has 1 aromatic rings. The van der Waals surface area contributed by atoms with E-state index in [1.165, 1.54) is 0 Å². The molecule has 1 fully saturated rings. The van der Waals surface area contributed by atoms with Crippen molar-refractivity contribution in [3.05, 3.63) is 29.3 Å². The summed E-state index contributed by atoms with van der Waals surface area (Å²) in [6.45, 7) is 12.8. The lowest BCUT2D eigenvalue weighted by atomic mass is 9.89. The molecule has 1 saturated heterocycles. The summed E-state index contributed by atoms with van der Waals surface area (Å²) in [4.78, 5) is 31.1. The van der Waals surface area contributed by atoms with Gasteiger partial charge >= 0.3 is 12.1 Å². The Kier molecular flexibility index (Phi) is 7.33. The van der Waals surface area contributed by atoms with E-state index < -0.39 is 35.0 Å². The van der Waals surface area contributed by atoms with Crippen LogP contribution in [0.1, 0.15) is 72.1 Å². The Morgan fingerprint density at radius 1 is 1.09 bits per heavy atom. The average molecular weight is 494 g/mol. The summed E-state index contributed by atoms with van der Waals surface area (Å²) in [5, 5.41) is 7.00. The zero-order chi connectivity index (χ0) is 25.3. The molecule has 188 valence electrons. The molecule has 34 heavy (non-hydrogen) atoms. The lowest BCUT2D eigenvalue weighted by molar-refractivity contribution is -0.205. The van der Waals surface area contributed by atoms with Crippen LogP contribution in [0.15, 0.2) is 18.2 Å². The standard InChI is InChI=1S/C24H35N3O6S/c1-22(2,3)31-19(28)24(7,33-27-21(29)32-23(4,5)6)18-11-9-15-12-14(8-10-17(15)30-18)16-13-25-20(34)26-16/h8,10,12,16,18H,9,11,13H2,1-7H3,(H,27,29)(H2,25,26,34)/t16-,18+,24?/m0/s1. The third kappa shape index (κ3) is 6.50. The van der Waals surface area contributed by atoms with Crippen molar-refractivity contribution in [3.8, 4) is 5.75 Å². The minimum absolute atomic E-state index is 0.101. The van der Waals surface area contributed by atoms with Gasteiger partial charge in [-0.05, 0) is 96.8 Å². The Balaban J connectivity index is 1.79. The number of hydrogen-bond acceptors (Lipinski definition) is 7. The molecule has 9 nitrogen and oxygen atoms in total. The van der Waals surface area contributed by atoms with Crippen LogP contribution in [-0.4, -0.2) is 46.6 Å². The number of esters is 1. The number of rotatable bonds is 5. The number of nitrogens with one attached hydrogen (secondary N) is 3. The van der Waals surface area contributed by atoms with Crippen molar-refractivity contribution in [1.82, 2.24) is 16.1 Å². The highest BCUT2D eigenvalue weighted by molar-refractivity contribution is 7.80. The molecule has 0 spiro atoms. The Labute approximate surface area is 206 Å². The fourth-order valence-electron chi connectivity index (χ4n) is 3.73. The van der Waals surface area contributed by atoms with Crippen molar-refractivity contribution < 1.29 is 28.6 Å². The van der Waals surface area contributed by atoms with Gasteiger partial charge in [0.05, 0.1) is 6.04 Å². The predicted octanol–water partition coefficient (Wildman–Crippen LogP) is 3.46. The minimum Gasteiger partial charge on any atom is -0.486 e. The topological polar surface area (TPSA) is 107 Å². The molecule has 0 radical (unpaired) electrons. The lowest BCUT2D eigenvalue weighted by Crippen LogP contribution is -2.58. The Bertz CT molecular complexity index is 955. The van der Waals surface area contributed by atoms with Crippen LogP contribution in [0.2, 0.25) is 0 Å². The van der Waals surface area contributed by atoms with Crippen LogP contribution in [0, 0.1) is 0 Å². The van der Waals surface area contributed by atoms with Gasteiger partial charge in [-0.1, -0.05) is 6.07 Å². The summed E-state index contributed by atoms with van der Waals surface area (Å²) < 4.78 is 17.1. The molecule has 3 rings (SSSR count). The van der Waals surface area contributed by atoms with Crippen molar-refractivity contribution in [3.63, 3.8) is 0 Å². The predicted molar refractivity (Wildman–Crippen MR) is 130 cm³/mol. The van der Waals surface area contributed by atoms with Crippen molar-refractivity contribution >= 4 is 29.4 Å². The summed E-state index contributed by atoms with van der Waals surface area (Å²) in [6, 6.07) is 6.04. The van der Waals surface area contributed by atoms with Gasteiger partial charge in [-0.3, -0.25) is 0 Å². The van der Waals surface area contributed by atoms with Gasteiger partial charge in [0.2, 0.25) is 5.60 Å². The van der Waals surface area contributed by atoms with Gasteiger partial charge in [-0.25, -0.2) is 14.4 Å². The molecule has 0 bridgehead atoms. The molecule has 1 aromatic carbocycles. The zero-order valence-electron chi connectivity index (χ0n) is 20.9. The van der Waals surface area contributed by atoms with Gasteiger partial charge in [-0.2, -0.15) is 5.48 Å². The van der Waals surface area contributed by atoms with Gasteiger partial charge in [0.25, 0.3) is 0 Å². The highest BCUT2D eigenvalue weighted by atomic mass is 32.1. The number of hydroxylamine groups is 1. The van der Waals surface area contributed by atoms with E-state index in [0.717, 1.165) is 17.7 Å². The highest BCUT2D eigenvalue weighted by Crippen LogP contribution is 2.36. The summed E-state index contributed by atoms with van der Waals surface area (Å²) >= 11 is 5.16. The molecule has 1 amide bonds. The second-order valence-corrected chi connectivity index (χ2v) is 11.1. The largest absolute Gasteiger partial charge is 0.486 e. The number of thiocarbonyl (C=S) groups is 1. The van der Waals surface area contributed by atoms with E-state index in [0.29, 0.717) is 23.7 Å². The molecule has 10 heteroatoms. The number of carbonyl (C=O) groups excluding carboxylic acids is 2. The van der Waals surface area contributed by atoms with Crippen LogP contribution in [0.5, 0.6) is 5.75 Å². The highest BCUT2D eigenvalue weighted by Gasteiger charge is 2.50. The number of aryl methyl sites for hydroxylation is 1. The summed E-state index contributed by atoms with van der Waals surface area (Å²) in [7, 11) is 0. The maximum absolute atomic E-state index is 13.2. The minimum atomic E-state index is -1.61. The van der Waals surface area contributed by atoms with E-state index >= 15 is 0 Å². The van der Waals surface area contributed by atoms with Crippen LogP contribution in [0.4, 0.5) is 4.79 Å². The molecule has 1 unspecified atom stereocenters. The number of carbonyl (C=O) groups is 2. The SMILES string of the molecule is CC(C)(C)OC(=O)NOC(C)(C(=O)OC(C)(C)C)[C@H]1CCc2cc([C@@H]3CNC(=S)N3)ccc2O1. The maximum Gasteiger partial charge on any atom is 0.431 e. The lowest BCUT2D eigenvalue weighted by Gasteiger charge is -2.39. The van der Waals surface area contributed by atoms with E-state index in [-0.39, 0.29) is 6.04 Å². The molecule has 2 aliphatic rings. The molecule has 2 aliphatic heterocycles. The van der Waals surface area contributed by atoms with Crippen LogP contribution in [-0.2, 0) is 25.5 Å². The third-order valence-electron chi connectivity index (χ3n) is 5.37. The van der Waals surface area contributed by atoms with E-state index in [1.807, 2.05) is 12.1 Å². The maximum atomic E-state index is 13.2. The first-order valence-electron chi connectivity index (χ1n) is 11.4. The summed E-state index contributed by atoms with van der Waals surface area (Å²) in [5.74, 6) is 0.0139. The Morgan fingerprint density at radius 2 is 1.76 bits per heavy atom. The first kappa shape index (κ1) is 26.0. The number of hydrogen-bond donors (Lipinski definition) is 3.